The van der Waals surface area contributed by atoms with Crippen molar-refractivity contribution < 1.29 is 4.74 Å². The van der Waals surface area contributed by atoms with Crippen LogP contribution in [-0.4, -0.2) is 43.1 Å². The Morgan fingerprint density at radius 3 is 2.56 bits per heavy atom. The number of nitrogens with zero attached hydrogens (tertiary/aromatic N) is 3. The molecule has 0 aliphatic rings. The lowest BCUT2D eigenvalue weighted by atomic mass is 10.2. The Labute approximate surface area is 184 Å². The van der Waals surface area contributed by atoms with Crippen molar-refractivity contribution in [1.82, 2.24) is 15.2 Å². The minimum Gasteiger partial charge on any atom is -0.497 e. The molecule has 1 N–H and O–H groups in total. The van der Waals surface area contributed by atoms with E-state index >= 15 is 0 Å². The lowest BCUT2D eigenvalue weighted by Crippen LogP contribution is -2.38. The van der Waals surface area contributed by atoms with E-state index in [2.05, 4.69) is 60.5 Å². The number of benzene rings is 1. The van der Waals surface area contributed by atoms with Crippen LogP contribution in [-0.2, 0) is 13.0 Å². The Kier molecular flexibility index (Phi) is 10.7. The Bertz CT molecular complexity index is 700. The Balaban J connectivity index is 0.00000364. The van der Waals surface area contributed by atoms with Crippen molar-refractivity contribution in [3.63, 3.8) is 0 Å². The Morgan fingerprint density at radius 1 is 1.30 bits per heavy atom. The highest BCUT2D eigenvalue weighted by atomic mass is 127. The van der Waals surface area contributed by atoms with Crippen molar-refractivity contribution in [2.24, 2.45) is 4.99 Å². The van der Waals surface area contributed by atoms with Gasteiger partial charge >= 0.3 is 0 Å². The molecule has 1 aromatic carbocycles. The van der Waals surface area contributed by atoms with Gasteiger partial charge in [0, 0.05) is 44.4 Å². The summed E-state index contributed by atoms with van der Waals surface area (Å²) in [7, 11) is 3.74. The van der Waals surface area contributed by atoms with E-state index in [-0.39, 0.29) is 24.0 Å². The summed E-state index contributed by atoms with van der Waals surface area (Å²) in [5, 5.41) is 6.72. The highest BCUT2D eigenvalue weighted by Gasteiger charge is 2.08. The maximum Gasteiger partial charge on any atom is 0.193 e. The summed E-state index contributed by atoms with van der Waals surface area (Å²) in [5.74, 6) is 2.29. The first-order valence-corrected chi connectivity index (χ1v) is 9.98. The van der Waals surface area contributed by atoms with E-state index in [9.17, 15) is 0 Å². The van der Waals surface area contributed by atoms with Crippen LogP contribution < -0.4 is 10.1 Å². The Morgan fingerprint density at radius 2 is 2.00 bits per heavy atom. The number of thiazole rings is 1. The lowest BCUT2D eigenvalue weighted by Gasteiger charge is -2.22. The van der Waals surface area contributed by atoms with Gasteiger partial charge in [0.1, 0.15) is 5.75 Å². The summed E-state index contributed by atoms with van der Waals surface area (Å²) >= 11 is 1.74. The van der Waals surface area contributed by atoms with Gasteiger partial charge in [0.05, 0.1) is 17.8 Å². The second kappa shape index (κ2) is 12.2. The second-order valence-electron chi connectivity index (χ2n) is 6.52. The number of hydrogen-bond acceptors (Lipinski definition) is 4. The summed E-state index contributed by atoms with van der Waals surface area (Å²) in [4.78, 5) is 11.6. The molecule has 0 aliphatic heterocycles. The topological polar surface area (TPSA) is 49.8 Å². The average molecular weight is 502 g/mol. The largest absolute Gasteiger partial charge is 0.497 e. The quantitative estimate of drug-likeness (QED) is 0.328. The highest BCUT2D eigenvalue weighted by molar-refractivity contribution is 14.0. The molecule has 27 heavy (non-hydrogen) atoms. The summed E-state index contributed by atoms with van der Waals surface area (Å²) in [6.45, 7) is 8.82. The zero-order chi connectivity index (χ0) is 18.9. The number of ether oxygens (including phenoxy) is 1. The fourth-order valence-corrected chi connectivity index (χ4v) is 3.40. The van der Waals surface area contributed by atoms with Crippen molar-refractivity contribution in [2.75, 3.05) is 27.2 Å². The fraction of sp³-hybridized carbons (Fsp3) is 0.500. The molecule has 0 spiro atoms. The van der Waals surface area contributed by atoms with E-state index in [1.54, 1.807) is 18.4 Å². The lowest BCUT2D eigenvalue weighted by molar-refractivity contribution is 0.414. The van der Waals surface area contributed by atoms with Gasteiger partial charge in [-0.15, -0.1) is 35.3 Å². The van der Waals surface area contributed by atoms with E-state index in [1.807, 2.05) is 12.1 Å². The van der Waals surface area contributed by atoms with Gasteiger partial charge < -0.3 is 15.0 Å². The number of nitrogens with one attached hydrogen (secondary N) is 1. The number of aliphatic imine (C=N–C) groups is 1. The number of guanidine groups is 1. The average Bonchev–Trinajstić information content (AvgIpc) is 3.11. The van der Waals surface area contributed by atoms with Crippen LogP contribution in [0, 0.1) is 0 Å². The van der Waals surface area contributed by atoms with Gasteiger partial charge in [-0.3, -0.25) is 4.99 Å². The van der Waals surface area contributed by atoms with Gasteiger partial charge in [-0.1, -0.05) is 26.0 Å². The van der Waals surface area contributed by atoms with Crippen LogP contribution in [0.25, 0.3) is 0 Å². The smallest absolute Gasteiger partial charge is 0.193 e. The van der Waals surface area contributed by atoms with Gasteiger partial charge in [-0.2, -0.15) is 0 Å². The van der Waals surface area contributed by atoms with Crippen molar-refractivity contribution in [3.8, 4) is 5.75 Å². The molecule has 1 heterocycles. The SMILES string of the molecule is CCNC(=NCCc1csc(C(C)C)n1)N(C)Cc1ccc(OC)cc1.I. The third-order valence-corrected chi connectivity index (χ3v) is 5.16. The first-order chi connectivity index (χ1) is 12.5. The number of hydrogen-bond donors (Lipinski definition) is 1. The zero-order valence-electron chi connectivity index (χ0n) is 16.9. The molecule has 0 fully saturated rings. The standard InChI is InChI=1S/C20H30N4OS.HI/c1-6-21-20(22-12-11-17-14-26-19(23-17)15(2)3)24(4)13-16-7-9-18(25-5)10-8-16;/h7-10,14-15H,6,11-13H2,1-5H3,(H,21,22);1H. The van der Waals surface area contributed by atoms with Crippen molar-refractivity contribution in [1.29, 1.82) is 0 Å². The first-order valence-electron chi connectivity index (χ1n) is 9.10. The Hall–Kier alpha value is -1.35. The third-order valence-electron chi connectivity index (χ3n) is 3.97. The van der Waals surface area contributed by atoms with Gasteiger partial charge in [-0.05, 0) is 24.6 Å². The number of rotatable bonds is 8. The first kappa shape index (κ1) is 23.7. The van der Waals surface area contributed by atoms with Crippen LogP contribution >= 0.6 is 35.3 Å². The van der Waals surface area contributed by atoms with Crippen LogP contribution in [0.5, 0.6) is 5.75 Å². The predicted octanol–water partition coefficient (Wildman–Crippen LogP) is 4.53. The molecule has 0 amide bonds. The molecule has 0 bridgehead atoms. The van der Waals surface area contributed by atoms with Crippen LogP contribution in [0.15, 0.2) is 34.6 Å². The van der Waals surface area contributed by atoms with E-state index in [4.69, 9.17) is 9.73 Å². The maximum atomic E-state index is 5.22. The van der Waals surface area contributed by atoms with E-state index in [1.165, 1.54) is 10.6 Å². The van der Waals surface area contributed by atoms with Crippen molar-refractivity contribution in [3.05, 3.63) is 45.9 Å². The molecule has 0 radical (unpaired) electrons. The molecule has 0 saturated heterocycles. The summed E-state index contributed by atoms with van der Waals surface area (Å²) < 4.78 is 5.22. The highest BCUT2D eigenvalue weighted by Crippen LogP contribution is 2.19. The van der Waals surface area contributed by atoms with E-state index in [0.29, 0.717) is 5.92 Å². The molecule has 2 rings (SSSR count). The molecule has 150 valence electrons. The molecule has 0 aliphatic carbocycles. The van der Waals surface area contributed by atoms with Crippen LogP contribution in [0.2, 0.25) is 0 Å². The normalized spacial score (nSPS) is 11.3. The number of aromatic nitrogens is 1. The van der Waals surface area contributed by atoms with Gasteiger partial charge in [-0.25, -0.2) is 4.98 Å². The summed E-state index contributed by atoms with van der Waals surface area (Å²) in [5.41, 5.74) is 2.36. The molecule has 5 nitrogen and oxygen atoms in total. The van der Waals surface area contributed by atoms with E-state index < -0.39 is 0 Å². The monoisotopic (exact) mass is 502 g/mol. The minimum atomic E-state index is 0. The molecular formula is C20H31IN4OS. The molecule has 2 aromatic rings. The van der Waals surface area contributed by atoms with Gasteiger partial charge in [0.25, 0.3) is 0 Å². The van der Waals surface area contributed by atoms with Gasteiger partial charge in [0.15, 0.2) is 5.96 Å². The molecule has 0 atom stereocenters. The van der Waals surface area contributed by atoms with Crippen LogP contribution in [0.4, 0.5) is 0 Å². The molecule has 0 saturated carbocycles. The number of halogens is 1. The third kappa shape index (κ3) is 7.65. The molecule has 7 heteroatoms. The van der Waals surface area contributed by atoms with Crippen LogP contribution in [0.3, 0.4) is 0 Å². The maximum absolute atomic E-state index is 5.22. The minimum absolute atomic E-state index is 0. The molecular weight excluding hydrogens is 471 g/mol. The number of methoxy groups -OCH3 is 1. The van der Waals surface area contributed by atoms with Crippen molar-refractivity contribution in [2.45, 2.75) is 39.7 Å². The molecule has 1 aromatic heterocycles. The van der Waals surface area contributed by atoms with Crippen LogP contribution in [0.1, 0.15) is 43.0 Å². The predicted molar refractivity (Wildman–Crippen MR) is 126 cm³/mol. The van der Waals surface area contributed by atoms with Gasteiger partial charge in [0.2, 0.25) is 0 Å². The summed E-state index contributed by atoms with van der Waals surface area (Å²) in [6, 6.07) is 8.15. The molecule has 0 unspecified atom stereocenters. The second-order valence-corrected chi connectivity index (χ2v) is 7.41. The fourth-order valence-electron chi connectivity index (χ4n) is 2.53. The van der Waals surface area contributed by atoms with E-state index in [0.717, 1.165) is 43.5 Å². The zero-order valence-corrected chi connectivity index (χ0v) is 20.0. The summed E-state index contributed by atoms with van der Waals surface area (Å²) in [6.07, 6.45) is 0.870. The van der Waals surface area contributed by atoms with Crippen molar-refractivity contribution >= 4 is 41.3 Å².